The molecule has 7 aromatic carbocycles. The Labute approximate surface area is 670 Å². The summed E-state index contributed by atoms with van der Waals surface area (Å²) in [4.78, 5) is 28.3. The van der Waals surface area contributed by atoms with E-state index in [1.807, 2.05) is 26.0 Å². The summed E-state index contributed by atoms with van der Waals surface area (Å²) < 4.78 is 2.54. The molecule has 12 nitrogen and oxygen atoms in total. The number of allylic oxidation sites excluding steroid dienone is 12. The smallest absolute Gasteiger partial charge is 0.272 e. The Hall–Kier alpha value is -11.4. The second-order valence-electron chi connectivity index (χ2n) is 30.7. The summed E-state index contributed by atoms with van der Waals surface area (Å²) in [5, 5.41) is 31.9. The van der Waals surface area contributed by atoms with Crippen LogP contribution < -0.4 is 14.7 Å². The van der Waals surface area contributed by atoms with Crippen LogP contribution in [0.1, 0.15) is 206 Å². The van der Waals surface area contributed by atoms with Gasteiger partial charge >= 0.3 is 0 Å². The predicted molar refractivity (Wildman–Crippen MR) is 464 cm³/mol. The van der Waals surface area contributed by atoms with E-state index in [4.69, 9.17) is 52.9 Å². The maximum Gasteiger partial charge on any atom is 0.272 e. The molecule has 3 aliphatic rings. The van der Waals surface area contributed by atoms with Crippen molar-refractivity contribution in [2.45, 2.75) is 183 Å². The average Bonchev–Trinajstić information content (AvgIpc) is 0.755. The first-order chi connectivity index (χ1) is 53.5. The molecule has 111 heavy (non-hydrogen) atoms. The zero-order valence-electron chi connectivity index (χ0n) is 66.5. The highest BCUT2D eigenvalue weighted by molar-refractivity contribution is 6.34. The fourth-order valence-corrected chi connectivity index (χ4v) is 15.8. The second kappa shape index (κ2) is 37.8. The molecule has 2 aliphatic heterocycles. The van der Waals surface area contributed by atoms with E-state index in [0.29, 0.717) is 45.6 Å². The average molecular weight is 1510 g/mol. The fraction of sp³-hybridized carbons (Fsp3) is 0.330. The third kappa shape index (κ3) is 19.6. The third-order valence-corrected chi connectivity index (χ3v) is 22.2. The number of aliphatic imine (C=N–C) groups is 2. The van der Waals surface area contributed by atoms with E-state index in [-0.39, 0.29) is 57.0 Å². The van der Waals surface area contributed by atoms with Gasteiger partial charge in [-0.3, -0.25) is 0 Å². The first-order valence-electron chi connectivity index (χ1n) is 39.0. The molecule has 0 N–H and O–H groups in total. The van der Waals surface area contributed by atoms with E-state index >= 15 is 0 Å². The van der Waals surface area contributed by atoms with Crippen molar-refractivity contribution in [3.63, 3.8) is 0 Å². The number of nitriles is 3. The summed E-state index contributed by atoms with van der Waals surface area (Å²) in [6.45, 7) is 56.2. The zero-order valence-corrected chi connectivity index (χ0v) is 68.0. The lowest BCUT2D eigenvalue weighted by Gasteiger charge is -2.48. The first kappa shape index (κ1) is 82.2. The molecule has 10 rings (SSSR count). The standard InChI is InChI=1S/C97H101Cl2N12/c1-16-20-51-108(52-21-17-2)80-47-39-74(40-48-80)82(72-31-27-70(28-32-72)64-110-91-55-66(5)86(57-84(91)68(7)59-96(110,9)10)106-90(63-102)93(88(61-100)103-13)76-35-43-78(98)44-36-76)25-24-26-83(75-41-49-81(50-42-75)109(53-22-18-3)54-23-19-4)73-33-29-71(30-34-73)65-111-92-56-67(6)87(58-85(92)69(8)60-97(111,11)12)107-95(105-15)94(89(62-101)104-14)77-37-45-79(99)46-38-77/h24-50,55-58,68-69H,16-23,51-54,59-60,64-65H2,1-12H3/q+1. The lowest BCUT2D eigenvalue weighted by molar-refractivity contribution is -0.527. The molecule has 0 spiro atoms. The van der Waals surface area contributed by atoms with Gasteiger partial charge < -0.3 is 19.5 Å². The Kier molecular flexibility index (Phi) is 28.0. The van der Waals surface area contributed by atoms with Crippen molar-refractivity contribution < 1.29 is 4.58 Å². The highest BCUT2D eigenvalue weighted by atomic mass is 35.5. The molecule has 0 aromatic heterocycles. The van der Waals surface area contributed by atoms with Crippen LogP contribution in [0.3, 0.4) is 0 Å². The lowest BCUT2D eigenvalue weighted by Crippen LogP contribution is -2.47. The first-order valence-corrected chi connectivity index (χ1v) is 39.8. The van der Waals surface area contributed by atoms with Crippen LogP contribution >= 0.6 is 23.2 Å². The molecular formula is C97H101Cl2N12+. The fourth-order valence-electron chi connectivity index (χ4n) is 15.6. The summed E-state index contributed by atoms with van der Waals surface area (Å²) in [5.74, 6) is 0.311. The van der Waals surface area contributed by atoms with Crippen molar-refractivity contribution in [1.82, 2.24) is 0 Å². The number of nitrogens with zero attached hydrogens (tertiary/aromatic N) is 12. The van der Waals surface area contributed by atoms with Crippen LogP contribution in [-0.2, 0) is 13.1 Å². The van der Waals surface area contributed by atoms with Crippen LogP contribution in [0, 0.1) is 67.6 Å². The molecule has 14 heteroatoms. The Morgan fingerprint density at radius 3 is 1.42 bits per heavy atom. The number of halogens is 2. The van der Waals surface area contributed by atoms with Crippen LogP contribution in [0.15, 0.2) is 215 Å². The zero-order chi connectivity index (χ0) is 79.5. The van der Waals surface area contributed by atoms with Crippen LogP contribution in [0.4, 0.5) is 28.4 Å². The van der Waals surface area contributed by atoms with Gasteiger partial charge in [0.1, 0.15) is 24.9 Å². The number of benzene rings is 7. The van der Waals surface area contributed by atoms with Crippen molar-refractivity contribution in [2.24, 2.45) is 9.98 Å². The molecule has 0 bridgehead atoms. The number of unbranched alkanes of at least 4 members (excludes halogenated alkanes) is 4. The summed E-state index contributed by atoms with van der Waals surface area (Å²) in [6.07, 6.45) is 26.8. The van der Waals surface area contributed by atoms with Crippen LogP contribution in [0.25, 0.3) is 36.8 Å². The minimum Gasteiger partial charge on any atom is -0.372 e. The summed E-state index contributed by atoms with van der Waals surface area (Å²) in [5.41, 5.74) is 19.4. The van der Waals surface area contributed by atoms with Gasteiger partial charge in [-0.2, -0.15) is 5.26 Å². The van der Waals surface area contributed by atoms with E-state index in [1.54, 1.807) is 48.5 Å². The number of fused-ring (bicyclic) bond motifs is 2. The molecule has 562 valence electrons. The van der Waals surface area contributed by atoms with Crippen molar-refractivity contribution in [1.29, 1.82) is 15.8 Å². The SMILES string of the molecule is [C-]#[N+]C(=Nc1cc2c(cc1C)N(Cc1ccc(C(=CC=CC(=C3C=CC(=[N+](CCCC)CCCC)C=C3)c3ccc(CN4c5cc(C)c(N=C(C#N)C(=C(C#N)[N+]#[C-])c6ccc(Cl)cc6)cc5C(C)CC4(C)C)cc3)c3ccc(N(CCCC)CCCC)cc3)cc1)C(C)(C)CC2C)C(=C(C#N)[N+]#[C-])c1ccc(Cl)cc1. The van der Waals surface area contributed by atoms with E-state index in [9.17, 15) is 15.8 Å². The van der Waals surface area contributed by atoms with E-state index < -0.39 is 0 Å². The van der Waals surface area contributed by atoms with Crippen molar-refractivity contribution in [3.8, 4) is 18.2 Å². The minimum atomic E-state index is -0.222. The molecule has 2 unspecified atom stereocenters. The molecule has 0 radical (unpaired) electrons. The largest absolute Gasteiger partial charge is 0.372 e. The quantitative estimate of drug-likeness (QED) is 0.0120. The summed E-state index contributed by atoms with van der Waals surface area (Å²) in [6, 6.07) is 55.7. The summed E-state index contributed by atoms with van der Waals surface area (Å²) >= 11 is 12.5. The normalized spacial score (nSPS) is 16.3. The lowest BCUT2D eigenvalue weighted by atomic mass is 9.79. The molecule has 2 heterocycles. The Morgan fingerprint density at radius 1 is 0.550 bits per heavy atom. The number of aryl methyl sites for hydroxylation is 2. The number of amidine groups is 1. The molecule has 7 aromatic rings. The highest BCUT2D eigenvalue weighted by Gasteiger charge is 2.39. The van der Waals surface area contributed by atoms with Gasteiger partial charge in [-0.25, -0.2) is 29.8 Å². The van der Waals surface area contributed by atoms with Crippen LogP contribution in [0.5, 0.6) is 0 Å². The van der Waals surface area contributed by atoms with E-state index in [2.05, 4.69) is 249 Å². The summed E-state index contributed by atoms with van der Waals surface area (Å²) in [7, 11) is 0. The second-order valence-corrected chi connectivity index (χ2v) is 31.5. The number of rotatable bonds is 28. The van der Waals surface area contributed by atoms with E-state index in [0.717, 1.165) is 169 Å². The van der Waals surface area contributed by atoms with Gasteiger partial charge in [0.05, 0.1) is 31.0 Å². The van der Waals surface area contributed by atoms with Crippen LogP contribution in [0.2, 0.25) is 10.0 Å². The van der Waals surface area contributed by atoms with Gasteiger partial charge in [-0.15, -0.1) is 4.99 Å². The molecule has 1 aliphatic carbocycles. The number of hydrogen-bond donors (Lipinski definition) is 0. The topological polar surface area (TPSA) is 122 Å². The van der Waals surface area contributed by atoms with Gasteiger partial charge in [0.15, 0.2) is 11.4 Å². The van der Waals surface area contributed by atoms with Gasteiger partial charge in [0.25, 0.3) is 17.2 Å². The minimum absolute atomic E-state index is 0.0143. The van der Waals surface area contributed by atoms with E-state index in [1.165, 1.54) is 11.4 Å². The van der Waals surface area contributed by atoms with Crippen molar-refractivity contribution in [2.75, 3.05) is 40.9 Å². The van der Waals surface area contributed by atoms with Gasteiger partial charge in [0, 0.05) is 106 Å². The van der Waals surface area contributed by atoms with Gasteiger partial charge in [-0.05, 0) is 224 Å². The molecule has 0 saturated heterocycles. The van der Waals surface area contributed by atoms with Crippen LogP contribution in [-0.4, -0.2) is 59.1 Å². The molecule has 0 saturated carbocycles. The van der Waals surface area contributed by atoms with Crippen molar-refractivity contribution in [3.05, 3.63) is 311 Å². The number of anilines is 3. The number of hydrogen-bond acceptors (Lipinski definition) is 8. The Bertz CT molecular complexity index is 5120. The van der Waals surface area contributed by atoms with Gasteiger partial charge in [-0.1, -0.05) is 200 Å². The third-order valence-electron chi connectivity index (χ3n) is 21.7. The Balaban J connectivity index is 1.02. The maximum absolute atomic E-state index is 10.6. The molecule has 0 fully saturated rings. The predicted octanol–water partition coefficient (Wildman–Crippen LogP) is 25.5. The highest BCUT2D eigenvalue weighted by Crippen LogP contribution is 2.49. The maximum atomic E-state index is 10.6. The van der Waals surface area contributed by atoms with Crippen molar-refractivity contribution >= 4 is 91.2 Å². The molecule has 2 atom stereocenters. The van der Waals surface area contributed by atoms with Gasteiger partial charge in [0.2, 0.25) is 0 Å². The molecule has 0 amide bonds. The monoisotopic (exact) mass is 1500 g/mol. The Morgan fingerprint density at radius 2 is 0.982 bits per heavy atom. The molecular weight excluding hydrogens is 1400 g/mol.